The molecule has 0 bridgehead atoms. The molecular formula is C16H18N4O3. The third-order valence-electron chi connectivity index (χ3n) is 4.05. The third-order valence-corrected chi connectivity index (χ3v) is 4.05. The van der Waals surface area contributed by atoms with Gasteiger partial charge in [-0.25, -0.2) is 14.8 Å². The third kappa shape index (κ3) is 3.29. The van der Waals surface area contributed by atoms with Crippen LogP contribution >= 0.6 is 0 Å². The minimum absolute atomic E-state index is 0.0675. The molecule has 0 saturated carbocycles. The number of nitrogens with zero attached hydrogens (tertiary/aromatic N) is 4. The van der Waals surface area contributed by atoms with E-state index >= 15 is 0 Å². The molecule has 23 heavy (non-hydrogen) atoms. The maximum absolute atomic E-state index is 11.8. The van der Waals surface area contributed by atoms with Crippen LogP contribution in [-0.4, -0.2) is 52.3 Å². The van der Waals surface area contributed by atoms with E-state index in [9.17, 15) is 9.90 Å². The van der Waals surface area contributed by atoms with Gasteiger partial charge < -0.3 is 14.7 Å². The van der Waals surface area contributed by atoms with Crippen molar-refractivity contribution < 1.29 is 14.6 Å². The lowest BCUT2D eigenvalue weighted by Crippen LogP contribution is -2.25. The molecule has 2 aromatic rings. The smallest absolute Gasteiger partial charge is 0.343 e. The van der Waals surface area contributed by atoms with Crippen LogP contribution in [0.4, 0.5) is 5.82 Å². The average molecular weight is 314 g/mol. The summed E-state index contributed by atoms with van der Waals surface area (Å²) in [6.07, 6.45) is 6.59. The number of rotatable bonds is 4. The Morgan fingerprint density at radius 1 is 1.35 bits per heavy atom. The lowest BCUT2D eigenvalue weighted by atomic mass is 9.97. The van der Waals surface area contributed by atoms with Gasteiger partial charge in [0, 0.05) is 37.6 Å². The van der Waals surface area contributed by atoms with Crippen LogP contribution in [0.3, 0.4) is 0 Å². The number of aliphatic hydroxyl groups excluding tert-OH is 1. The van der Waals surface area contributed by atoms with Crippen LogP contribution in [-0.2, 0) is 11.2 Å². The molecule has 1 fully saturated rings. The van der Waals surface area contributed by atoms with E-state index in [1.807, 2.05) is 17.0 Å². The fourth-order valence-electron chi connectivity index (χ4n) is 2.88. The fraction of sp³-hybridized carbons (Fsp3) is 0.375. The molecule has 120 valence electrons. The molecule has 1 aliphatic heterocycles. The number of β-amino-alcohol motifs (C(OH)–C–C–N with tert-alkyl or cyclic N) is 1. The summed E-state index contributed by atoms with van der Waals surface area (Å²) >= 11 is 0. The maximum Gasteiger partial charge on any atom is 0.343 e. The lowest BCUT2D eigenvalue weighted by molar-refractivity contribution is 0.0600. The number of anilines is 1. The normalized spacial score (nSPS) is 20.5. The second kappa shape index (κ2) is 6.70. The molecule has 7 nitrogen and oxygen atoms in total. The summed E-state index contributed by atoms with van der Waals surface area (Å²) in [7, 11) is 1.32. The Balaban J connectivity index is 1.78. The number of carbonyl (C=O) groups is 1. The summed E-state index contributed by atoms with van der Waals surface area (Å²) in [5, 5.41) is 10.4. The predicted molar refractivity (Wildman–Crippen MR) is 83.0 cm³/mol. The number of methoxy groups -OCH3 is 1. The topological polar surface area (TPSA) is 88.4 Å². The predicted octanol–water partition coefficient (Wildman–Crippen LogP) is 0.698. The zero-order valence-corrected chi connectivity index (χ0v) is 12.8. The zero-order valence-electron chi connectivity index (χ0n) is 12.8. The van der Waals surface area contributed by atoms with Gasteiger partial charge in [0.15, 0.2) is 0 Å². The Morgan fingerprint density at radius 3 is 2.87 bits per heavy atom. The molecule has 0 unspecified atom stereocenters. The number of esters is 1. The Kier molecular flexibility index (Phi) is 4.47. The Morgan fingerprint density at radius 2 is 2.13 bits per heavy atom. The second-order valence-electron chi connectivity index (χ2n) is 5.54. The molecule has 0 aromatic carbocycles. The van der Waals surface area contributed by atoms with Gasteiger partial charge in [0.05, 0.1) is 13.2 Å². The molecule has 3 heterocycles. The van der Waals surface area contributed by atoms with E-state index in [-0.39, 0.29) is 5.92 Å². The molecule has 0 radical (unpaired) electrons. The van der Waals surface area contributed by atoms with Gasteiger partial charge in [-0.3, -0.25) is 4.98 Å². The van der Waals surface area contributed by atoms with Crippen LogP contribution < -0.4 is 4.90 Å². The number of ether oxygens (including phenoxy) is 1. The maximum atomic E-state index is 11.8. The van der Waals surface area contributed by atoms with Crippen LogP contribution in [0.5, 0.6) is 0 Å². The first-order valence-corrected chi connectivity index (χ1v) is 7.39. The van der Waals surface area contributed by atoms with Crippen LogP contribution in [0.25, 0.3) is 0 Å². The van der Waals surface area contributed by atoms with Crippen molar-refractivity contribution >= 4 is 11.8 Å². The van der Waals surface area contributed by atoms with Crippen molar-refractivity contribution in [3.63, 3.8) is 0 Å². The van der Waals surface area contributed by atoms with E-state index < -0.39 is 12.1 Å². The molecule has 0 spiro atoms. The minimum Gasteiger partial charge on any atom is -0.465 e. The first-order chi connectivity index (χ1) is 11.2. The number of aromatic nitrogens is 3. The summed E-state index contributed by atoms with van der Waals surface area (Å²) < 4.78 is 4.77. The molecule has 7 heteroatoms. The average Bonchev–Trinajstić information content (AvgIpc) is 2.95. The quantitative estimate of drug-likeness (QED) is 0.831. The summed E-state index contributed by atoms with van der Waals surface area (Å²) in [6.45, 7) is 1.04. The lowest BCUT2D eigenvalue weighted by Gasteiger charge is -2.19. The summed E-state index contributed by atoms with van der Waals surface area (Å²) in [5.41, 5.74) is 1.44. The van der Waals surface area contributed by atoms with E-state index in [4.69, 9.17) is 4.74 Å². The van der Waals surface area contributed by atoms with E-state index in [0.717, 1.165) is 12.0 Å². The summed E-state index contributed by atoms with van der Waals surface area (Å²) in [5.74, 6) is 0.0914. The first-order valence-electron chi connectivity index (χ1n) is 7.39. The van der Waals surface area contributed by atoms with E-state index in [1.165, 1.54) is 19.6 Å². The molecule has 2 aromatic heterocycles. The van der Waals surface area contributed by atoms with Gasteiger partial charge in [-0.15, -0.1) is 0 Å². The van der Waals surface area contributed by atoms with E-state index in [2.05, 4.69) is 15.0 Å². The van der Waals surface area contributed by atoms with Gasteiger partial charge in [0.2, 0.25) is 0 Å². The van der Waals surface area contributed by atoms with Crippen molar-refractivity contribution in [2.24, 2.45) is 5.92 Å². The second-order valence-corrected chi connectivity index (χ2v) is 5.54. The number of aliphatic hydroxyl groups is 1. The highest BCUT2D eigenvalue weighted by Gasteiger charge is 2.34. The highest BCUT2D eigenvalue weighted by molar-refractivity contribution is 5.94. The van der Waals surface area contributed by atoms with Crippen LogP contribution in [0.1, 0.15) is 15.9 Å². The molecule has 1 saturated heterocycles. The molecule has 1 aliphatic rings. The Bertz CT molecular complexity index is 680. The molecule has 0 amide bonds. The van der Waals surface area contributed by atoms with Crippen molar-refractivity contribution in [1.29, 1.82) is 0 Å². The van der Waals surface area contributed by atoms with Crippen LogP contribution in [0.2, 0.25) is 0 Å². The number of hydrogen-bond donors (Lipinski definition) is 1. The summed E-state index contributed by atoms with van der Waals surface area (Å²) in [4.78, 5) is 25.8. The molecular weight excluding hydrogens is 296 g/mol. The molecule has 1 N–H and O–H groups in total. The van der Waals surface area contributed by atoms with Crippen molar-refractivity contribution in [2.45, 2.75) is 12.5 Å². The van der Waals surface area contributed by atoms with Gasteiger partial charge in [0.1, 0.15) is 17.7 Å². The van der Waals surface area contributed by atoms with Crippen molar-refractivity contribution in [3.05, 3.63) is 48.2 Å². The molecule has 3 rings (SSSR count). The standard InChI is InChI=1S/C16H18N4O3/c1-23-16(22)13-7-18-10-19-15(13)20-8-12(14(21)9-20)6-11-2-4-17-5-3-11/h2-5,7,10,12,14,21H,6,8-9H2,1H3/t12-,14+/m1/s1. The number of pyridine rings is 1. The van der Waals surface area contributed by atoms with Gasteiger partial charge in [-0.1, -0.05) is 0 Å². The van der Waals surface area contributed by atoms with Gasteiger partial charge in [-0.05, 0) is 24.1 Å². The highest BCUT2D eigenvalue weighted by atomic mass is 16.5. The van der Waals surface area contributed by atoms with E-state index in [1.54, 1.807) is 12.4 Å². The largest absolute Gasteiger partial charge is 0.465 e. The molecule has 0 aliphatic carbocycles. The summed E-state index contributed by atoms with van der Waals surface area (Å²) in [6, 6.07) is 3.89. The Labute approximate surface area is 134 Å². The minimum atomic E-state index is -0.483. The number of carbonyl (C=O) groups excluding carboxylic acids is 1. The molecule has 2 atom stereocenters. The van der Waals surface area contributed by atoms with Gasteiger partial charge in [0.25, 0.3) is 0 Å². The first kappa shape index (κ1) is 15.4. The fourth-order valence-corrected chi connectivity index (χ4v) is 2.88. The van der Waals surface area contributed by atoms with Crippen molar-refractivity contribution in [3.8, 4) is 0 Å². The number of hydrogen-bond acceptors (Lipinski definition) is 7. The van der Waals surface area contributed by atoms with Gasteiger partial charge in [-0.2, -0.15) is 0 Å². The highest BCUT2D eigenvalue weighted by Crippen LogP contribution is 2.27. The van der Waals surface area contributed by atoms with Crippen molar-refractivity contribution in [1.82, 2.24) is 15.0 Å². The van der Waals surface area contributed by atoms with Crippen LogP contribution in [0, 0.1) is 5.92 Å². The van der Waals surface area contributed by atoms with Crippen molar-refractivity contribution in [2.75, 3.05) is 25.1 Å². The van der Waals surface area contributed by atoms with Crippen LogP contribution in [0.15, 0.2) is 37.1 Å². The van der Waals surface area contributed by atoms with Gasteiger partial charge >= 0.3 is 5.97 Å². The zero-order chi connectivity index (χ0) is 16.2. The monoisotopic (exact) mass is 314 g/mol. The van der Waals surface area contributed by atoms with E-state index in [0.29, 0.717) is 24.5 Å². The SMILES string of the molecule is COC(=O)c1cncnc1N1C[C@@H](Cc2ccncc2)[C@@H](O)C1. The Hall–Kier alpha value is -2.54.